The van der Waals surface area contributed by atoms with E-state index < -0.39 is 67.4 Å². The van der Waals surface area contributed by atoms with E-state index in [0.29, 0.717) is 0 Å². The van der Waals surface area contributed by atoms with E-state index in [1.54, 1.807) is 32.9 Å². The van der Waals surface area contributed by atoms with E-state index in [1.165, 1.54) is 13.2 Å². The molecule has 3 aromatic carbocycles. The van der Waals surface area contributed by atoms with Gasteiger partial charge in [-0.2, -0.15) is 0 Å². The van der Waals surface area contributed by atoms with Crippen molar-refractivity contribution in [1.82, 2.24) is 30.7 Å². The fourth-order valence-electron chi connectivity index (χ4n) is 6.34. The minimum absolute atomic E-state index is 0.0114. The molecule has 63 heavy (non-hydrogen) atoms. The van der Waals surface area contributed by atoms with Gasteiger partial charge in [-0.25, -0.2) is 19.2 Å². The molecule has 3 aromatic rings. The first-order valence-corrected chi connectivity index (χ1v) is 20.3. The molecule has 0 bridgehead atoms. The first kappa shape index (κ1) is 48.6. The summed E-state index contributed by atoms with van der Waals surface area (Å²) in [5.74, 6) is -2.16. The lowest BCUT2D eigenvalue weighted by atomic mass is 9.98. The Morgan fingerprint density at radius 1 is 0.635 bits per heavy atom. The first-order valence-electron chi connectivity index (χ1n) is 20.3. The lowest BCUT2D eigenvalue weighted by Gasteiger charge is -2.27. The highest BCUT2D eigenvalue weighted by Crippen LogP contribution is 2.44. The van der Waals surface area contributed by atoms with Crippen LogP contribution in [-0.2, 0) is 44.7 Å². The predicted octanol–water partition coefficient (Wildman–Crippen LogP) is 4.43. The summed E-state index contributed by atoms with van der Waals surface area (Å²) in [6.45, 7) is 6.33. The molecule has 6 amide bonds. The number of methoxy groups -OCH3 is 1. The highest BCUT2D eigenvalue weighted by Gasteiger charge is 2.30. The number of alkyl carbamates (subject to hydrolysis) is 1. The third kappa shape index (κ3) is 16.0. The summed E-state index contributed by atoms with van der Waals surface area (Å²) >= 11 is 0. The van der Waals surface area contributed by atoms with Crippen molar-refractivity contribution in [1.29, 1.82) is 0 Å². The van der Waals surface area contributed by atoms with Gasteiger partial charge in [0.25, 0.3) is 0 Å². The second-order valence-electron chi connectivity index (χ2n) is 15.2. The molecular weight excluding hydrogens is 817 g/mol. The molecule has 0 radical (unpaired) electrons. The fourth-order valence-corrected chi connectivity index (χ4v) is 6.34. The number of ether oxygens (including phenoxy) is 5. The van der Waals surface area contributed by atoms with E-state index in [1.807, 2.05) is 66.7 Å². The number of hydrogen-bond donors (Lipinski definition) is 3. The summed E-state index contributed by atoms with van der Waals surface area (Å²) in [6.07, 6.45) is -1.82. The van der Waals surface area contributed by atoms with Gasteiger partial charge in [-0.15, -0.1) is 0 Å². The van der Waals surface area contributed by atoms with Crippen LogP contribution < -0.4 is 16.0 Å². The monoisotopic (exact) mass is 872 g/mol. The van der Waals surface area contributed by atoms with Gasteiger partial charge in [0, 0.05) is 45.2 Å². The molecule has 3 N–H and O–H groups in total. The van der Waals surface area contributed by atoms with Gasteiger partial charge in [0.05, 0.1) is 7.11 Å². The van der Waals surface area contributed by atoms with Gasteiger partial charge in [-0.1, -0.05) is 91.5 Å². The number of fused-ring (bicyclic) bond motifs is 3. The molecule has 0 saturated carbocycles. The normalized spacial score (nSPS) is 11.4. The molecule has 0 saturated heterocycles. The van der Waals surface area contributed by atoms with Gasteiger partial charge in [0.15, 0.2) is 0 Å². The minimum Gasteiger partial charge on any atom is -0.468 e. The number of rotatable bonds is 21. The second kappa shape index (κ2) is 24.4. The number of esters is 1. The van der Waals surface area contributed by atoms with Crippen LogP contribution in [0.15, 0.2) is 91.5 Å². The van der Waals surface area contributed by atoms with E-state index >= 15 is 0 Å². The number of carbonyl (C=O) groups excluding carboxylic acids is 7. The van der Waals surface area contributed by atoms with Crippen molar-refractivity contribution in [2.24, 2.45) is 0 Å². The number of nitrogens with zero attached hydrogens (tertiary/aromatic N) is 3. The van der Waals surface area contributed by atoms with Crippen LogP contribution in [0.3, 0.4) is 0 Å². The molecule has 4 rings (SSSR count). The summed E-state index contributed by atoms with van der Waals surface area (Å²) in [5.41, 5.74) is 4.05. The van der Waals surface area contributed by atoms with Crippen LogP contribution >= 0.6 is 0 Å². The number of amides is 6. The average Bonchev–Trinajstić information content (AvgIpc) is 3.58. The molecule has 0 spiro atoms. The van der Waals surface area contributed by atoms with Gasteiger partial charge in [-0.3, -0.25) is 29.1 Å². The average molecular weight is 873 g/mol. The SMILES string of the molecule is C=CCOC(=O)N(CCNC(=O)CN(CCNC(=O)OCc1ccccc1)C(=O)OC(C)(C)C)CC(=O)NCCN(CC(=O)OC)C(=O)OCC1c2ccccc2-c2ccccc21. The van der Waals surface area contributed by atoms with Gasteiger partial charge in [-0.05, 0) is 48.6 Å². The van der Waals surface area contributed by atoms with Crippen LogP contribution in [0.25, 0.3) is 11.1 Å². The summed E-state index contributed by atoms with van der Waals surface area (Å²) in [4.78, 5) is 93.1. The van der Waals surface area contributed by atoms with Crippen LogP contribution in [0, 0.1) is 0 Å². The Morgan fingerprint density at radius 2 is 1.13 bits per heavy atom. The molecule has 1 aliphatic carbocycles. The zero-order valence-electron chi connectivity index (χ0n) is 36.1. The Morgan fingerprint density at radius 3 is 1.67 bits per heavy atom. The van der Waals surface area contributed by atoms with E-state index in [0.717, 1.165) is 42.5 Å². The van der Waals surface area contributed by atoms with E-state index in [4.69, 9.17) is 23.7 Å². The topological polar surface area (TPSA) is 211 Å². The molecule has 0 unspecified atom stereocenters. The third-order valence-corrected chi connectivity index (χ3v) is 9.32. The molecule has 0 fully saturated rings. The van der Waals surface area contributed by atoms with Gasteiger partial charge < -0.3 is 39.6 Å². The number of benzene rings is 3. The first-order chi connectivity index (χ1) is 30.2. The van der Waals surface area contributed by atoms with Gasteiger partial charge in [0.1, 0.15) is 45.1 Å². The zero-order chi connectivity index (χ0) is 45.8. The fraction of sp³-hybridized carbons (Fsp3) is 0.400. The molecule has 0 aromatic heterocycles. The molecule has 0 atom stereocenters. The van der Waals surface area contributed by atoms with Crippen LogP contribution in [0.4, 0.5) is 19.2 Å². The summed E-state index contributed by atoms with van der Waals surface area (Å²) in [5, 5.41) is 7.79. The van der Waals surface area contributed by atoms with E-state index in [2.05, 4.69) is 22.5 Å². The van der Waals surface area contributed by atoms with Crippen molar-refractivity contribution < 1.29 is 57.2 Å². The quantitative estimate of drug-likeness (QED) is 0.0771. The highest BCUT2D eigenvalue weighted by atomic mass is 16.6. The van der Waals surface area contributed by atoms with Crippen LogP contribution in [0.1, 0.15) is 43.4 Å². The number of nitrogens with one attached hydrogen (secondary N) is 3. The summed E-state index contributed by atoms with van der Waals surface area (Å²) < 4.78 is 26.3. The molecule has 0 aliphatic heterocycles. The highest BCUT2D eigenvalue weighted by molar-refractivity contribution is 5.84. The lowest BCUT2D eigenvalue weighted by Crippen LogP contribution is -2.48. The zero-order valence-corrected chi connectivity index (χ0v) is 36.1. The summed E-state index contributed by atoms with van der Waals surface area (Å²) in [6, 6.07) is 24.8. The second-order valence-corrected chi connectivity index (χ2v) is 15.2. The minimum atomic E-state index is -0.875. The largest absolute Gasteiger partial charge is 0.468 e. The Kier molecular flexibility index (Phi) is 18.8. The van der Waals surface area contributed by atoms with Crippen molar-refractivity contribution in [3.05, 3.63) is 108 Å². The molecule has 0 heterocycles. The molecular formula is C45H56N6O12. The molecule has 18 nitrogen and oxygen atoms in total. The van der Waals surface area contributed by atoms with Crippen LogP contribution in [-0.4, -0.2) is 142 Å². The third-order valence-electron chi connectivity index (χ3n) is 9.32. The molecule has 1 aliphatic rings. The predicted molar refractivity (Wildman–Crippen MR) is 230 cm³/mol. The van der Waals surface area contributed by atoms with Crippen LogP contribution in [0.5, 0.6) is 0 Å². The Balaban J connectivity index is 1.28. The Bertz CT molecular complexity index is 2010. The molecule has 338 valence electrons. The number of hydrogen-bond acceptors (Lipinski definition) is 12. The van der Waals surface area contributed by atoms with Crippen molar-refractivity contribution in [3.63, 3.8) is 0 Å². The number of carbonyl (C=O) groups is 7. The van der Waals surface area contributed by atoms with Crippen molar-refractivity contribution in [2.45, 2.75) is 38.9 Å². The van der Waals surface area contributed by atoms with Gasteiger partial charge >= 0.3 is 30.3 Å². The maximum atomic E-state index is 13.3. The lowest BCUT2D eigenvalue weighted by molar-refractivity contribution is -0.141. The maximum absolute atomic E-state index is 13.3. The van der Waals surface area contributed by atoms with Crippen LogP contribution in [0.2, 0.25) is 0 Å². The standard InChI is InChI=1S/C45H56N6O12/c1-6-26-60-42(56)49(23-20-46-39(53)28-50(44(58)63-45(2,3)4)25-22-48-41(55)61-30-32-14-8-7-9-15-32)27-38(52)47-21-24-51(29-40(54)59-5)43(57)62-31-37-35-18-12-10-16-33(35)34-17-11-13-19-36(34)37/h6-19,37H,1,20-31H2,2-5H3,(H,46,53)(H,47,52)(H,48,55). The van der Waals surface area contributed by atoms with E-state index in [-0.39, 0.29) is 65.0 Å². The van der Waals surface area contributed by atoms with Crippen molar-refractivity contribution in [2.75, 3.05) is 79.2 Å². The van der Waals surface area contributed by atoms with E-state index in [9.17, 15) is 33.6 Å². The van der Waals surface area contributed by atoms with Crippen molar-refractivity contribution in [3.8, 4) is 11.1 Å². The van der Waals surface area contributed by atoms with Crippen molar-refractivity contribution >= 4 is 42.2 Å². The molecule has 18 heteroatoms. The summed E-state index contributed by atoms with van der Waals surface area (Å²) in [7, 11) is 1.19. The smallest absolute Gasteiger partial charge is 0.410 e. The maximum Gasteiger partial charge on any atom is 0.410 e. The van der Waals surface area contributed by atoms with Gasteiger partial charge in [0.2, 0.25) is 11.8 Å². The Hall–Kier alpha value is -7.11. The Labute approximate surface area is 366 Å².